The minimum absolute atomic E-state index is 0.00616. The number of amides is 1. The zero-order valence-electron chi connectivity index (χ0n) is 9.62. The van der Waals surface area contributed by atoms with Gasteiger partial charge < -0.3 is 10.2 Å². The summed E-state index contributed by atoms with van der Waals surface area (Å²) in [6.07, 6.45) is 0.552. The molecule has 0 saturated carbocycles. The van der Waals surface area contributed by atoms with E-state index < -0.39 is 9.84 Å². The van der Waals surface area contributed by atoms with Gasteiger partial charge in [-0.3, -0.25) is 4.79 Å². The fourth-order valence-electron chi connectivity index (χ4n) is 0.915. The van der Waals surface area contributed by atoms with Gasteiger partial charge >= 0.3 is 0 Å². The molecule has 0 saturated heterocycles. The van der Waals surface area contributed by atoms with Crippen molar-refractivity contribution in [2.75, 3.05) is 38.7 Å². The largest absolute Gasteiger partial charge is 0.348 e. The van der Waals surface area contributed by atoms with Crippen molar-refractivity contribution in [3.05, 3.63) is 0 Å². The SMILES string of the molecule is CCS(=O)(=O)CCCNCC(=O)N(C)C. The van der Waals surface area contributed by atoms with E-state index in [0.717, 1.165) is 0 Å². The van der Waals surface area contributed by atoms with E-state index in [-0.39, 0.29) is 24.0 Å². The van der Waals surface area contributed by atoms with Crippen LogP contribution >= 0.6 is 0 Å². The van der Waals surface area contributed by atoms with E-state index in [2.05, 4.69) is 5.32 Å². The normalized spacial score (nSPS) is 11.4. The van der Waals surface area contributed by atoms with Gasteiger partial charge in [0, 0.05) is 19.8 Å². The van der Waals surface area contributed by atoms with Crippen molar-refractivity contribution in [1.82, 2.24) is 10.2 Å². The number of hydrogen-bond acceptors (Lipinski definition) is 4. The third kappa shape index (κ3) is 7.33. The minimum Gasteiger partial charge on any atom is -0.348 e. The molecule has 0 atom stereocenters. The number of carbonyl (C=O) groups excluding carboxylic acids is 1. The van der Waals surface area contributed by atoms with Gasteiger partial charge in [-0.15, -0.1) is 0 Å². The van der Waals surface area contributed by atoms with E-state index in [1.807, 2.05) is 0 Å². The first-order chi connectivity index (χ1) is 6.89. The molecule has 0 aromatic rings. The van der Waals surface area contributed by atoms with Crippen LogP contribution in [0.15, 0.2) is 0 Å². The highest BCUT2D eigenvalue weighted by molar-refractivity contribution is 7.91. The van der Waals surface area contributed by atoms with Crippen molar-refractivity contribution in [2.45, 2.75) is 13.3 Å². The average Bonchev–Trinajstić information content (AvgIpc) is 2.16. The van der Waals surface area contributed by atoms with Crippen molar-refractivity contribution < 1.29 is 13.2 Å². The molecular weight excluding hydrogens is 216 g/mol. The maximum Gasteiger partial charge on any atom is 0.236 e. The standard InChI is InChI=1S/C9H20N2O3S/c1-4-15(13,14)7-5-6-10-8-9(12)11(2)3/h10H,4-8H2,1-3H3. The van der Waals surface area contributed by atoms with Crippen LogP contribution in [-0.4, -0.2) is 57.9 Å². The lowest BCUT2D eigenvalue weighted by Crippen LogP contribution is -2.33. The van der Waals surface area contributed by atoms with Gasteiger partial charge in [-0.2, -0.15) is 0 Å². The number of sulfone groups is 1. The number of likely N-dealkylation sites (N-methyl/N-ethyl adjacent to an activating group) is 1. The number of nitrogens with zero attached hydrogens (tertiary/aromatic N) is 1. The fraction of sp³-hybridized carbons (Fsp3) is 0.889. The van der Waals surface area contributed by atoms with Gasteiger partial charge in [0.1, 0.15) is 9.84 Å². The van der Waals surface area contributed by atoms with E-state index in [0.29, 0.717) is 13.0 Å². The summed E-state index contributed by atoms with van der Waals surface area (Å²) in [5.74, 6) is 0.365. The quantitative estimate of drug-likeness (QED) is 0.605. The number of hydrogen-bond donors (Lipinski definition) is 1. The number of carbonyl (C=O) groups is 1. The summed E-state index contributed by atoms with van der Waals surface area (Å²) in [5, 5.41) is 2.91. The van der Waals surface area contributed by atoms with Crippen LogP contribution in [0.4, 0.5) is 0 Å². The molecule has 0 aliphatic carbocycles. The molecule has 0 aliphatic heterocycles. The van der Waals surface area contributed by atoms with Crippen molar-refractivity contribution in [2.24, 2.45) is 0 Å². The Labute approximate surface area is 91.8 Å². The zero-order chi connectivity index (χ0) is 11.9. The molecule has 0 rings (SSSR count). The molecule has 0 aliphatic rings. The topological polar surface area (TPSA) is 66.5 Å². The first kappa shape index (κ1) is 14.4. The Hall–Kier alpha value is -0.620. The molecule has 15 heavy (non-hydrogen) atoms. The second-order valence-corrected chi connectivity index (χ2v) is 6.03. The second kappa shape index (κ2) is 6.79. The highest BCUT2D eigenvalue weighted by Crippen LogP contribution is 1.92. The maximum absolute atomic E-state index is 11.1. The van der Waals surface area contributed by atoms with Gasteiger partial charge in [0.05, 0.1) is 12.3 Å². The monoisotopic (exact) mass is 236 g/mol. The Bertz CT molecular complexity index is 286. The highest BCUT2D eigenvalue weighted by Gasteiger charge is 2.07. The second-order valence-electron chi connectivity index (χ2n) is 3.55. The van der Waals surface area contributed by atoms with E-state index in [1.165, 1.54) is 4.90 Å². The van der Waals surface area contributed by atoms with E-state index in [9.17, 15) is 13.2 Å². The first-order valence-electron chi connectivity index (χ1n) is 5.00. The van der Waals surface area contributed by atoms with Gasteiger partial charge in [0.25, 0.3) is 0 Å². The van der Waals surface area contributed by atoms with Crippen LogP contribution in [0, 0.1) is 0 Å². The van der Waals surface area contributed by atoms with Gasteiger partial charge in [-0.25, -0.2) is 8.42 Å². The summed E-state index contributed by atoms with van der Waals surface area (Å²) >= 11 is 0. The van der Waals surface area contributed by atoms with Crippen LogP contribution in [0.5, 0.6) is 0 Å². The predicted octanol–water partition coefficient (Wildman–Crippen LogP) is -0.511. The van der Waals surface area contributed by atoms with Gasteiger partial charge in [-0.1, -0.05) is 6.92 Å². The van der Waals surface area contributed by atoms with Gasteiger partial charge in [0.2, 0.25) is 5.91 Å². The van der Waals surface area contributed by atoms with Crippen LogP contribution in [-0.2, 0) is 14.6 Å². The summed E-state index contributed by atoms with van der Waals surface area (Å²) in [4.78, 5) is 12.6. The Morgan fingerprint density at radius 2 is 1.93 bits per heavy atom. The smallest absolute Gasteiger partial charge is 0.236 e. The summed E-state index contributed by atoms with van der Waals surface area (Å²) in [6, 6.07) is 0. The molecular formula is C9H20N2O3S. The number of nitrogens with one attached hydrogen (secondary N) is 1. The predicted molar refractivity (Wildman–Crippen MR) is 60.5 cm³/mol. The average molecular weight is 236 g/mol. The molecule has 0 aromatic heterocycles. The Kier molecular flexibility index (Phi) is 6.51. The van der Waals surface area contributed by atoms with Crippen molar-refractivity contribution in [3.8, 4) is 0 Å². The molecule has 0 heterocycles. The molecule has 0 radical (unpaired) electrons. The van der Waals surface area contributed by atoms with Crippen molar-refractivity contribution >= 4 is 15.7 Å². The lowest BCUT2D eigenvalue weighted by Gasteiger charge is -2.10. The van der Waals surface area contributed by atoms with Crippen LogP contribution in [0.2, 0.25) is 0 Å². The summed E-state index contributed by atoms with van der Waals surface area (Å²) in [7, 11) is 0.500. The molecule has 0 spiro atoms. The van der Waals surface area contributed by atoms with Crippen molar-refractivity contribution in [3.63, 3.8) is 0 Å². The summed E-state index contributed by atoms with van der Waals surface area (Å²) in [5.41, 5.74) is 0. The van der Waals surface area contributed by atoms with Gasteiger partial charge in [-0.05, 0) is 13.0 Å². The van der Waals surface area contributed by atoms with Crippen LogP contribution in [0.1, 0.15) is 13.3 Å². The Morgan fingerprint density at radius 1 is 1.33 bits per heavy atom. The van der Waals surface area contributed by atoms with Gasteiger partial charge in [0.15, 0.2) is 0 Å². The molecule has 90 valence electrons. The fourth-order valence-corrected chi connectivity index (χ4v) is 1.79. The number of rotatable bonds is 7. The molecule has 0 bridgehead atoms. The lowest BCUT2D eigenvalue weighted by atomic mass is 10.4. The highest BCUT2D eigenvalue weighted by atomic mass is 32.2. The van der Waals surface area contributed by atoms with Crippen LogP contribution in [0.3, 0.4) is 0 Å². The molecule has 1 amide bonds. The lowest BCUT2D eigenvalue weighted by molar-refractivity contribution is -0.127. The third-order valence-electron chi connectivity index (χ3n) is 2.02. The molecule has 5 nitrogen and oxygen atoms in total. The van der Waals surface area contributed by atoms with Crippen LogP contribution in [0.25, 0.3) is 0 Å². The minimum atomic E-state index is -2.87. The summed E-state index contributed by atoms with van der Waals surface area (Å²) in [6.45, 7) is 2.45. The molecule has 6 heteroatoms. The summed E-state index contributed by atoms with van der Waals surface area (Å²) < 4.78 is 22.2. The van der Waals surface area contributed by atoms with E-state index in [1.54, 1.807) is 21.0 Å². The van der Waals surface area contributed by atoms with E-state index >= 15 is 0 Å². The first-order valence-corrected chi connectivity index (χ1v) is 6.82. The molecule has 0 unspecified atom stereocenters. The van der Waals surface area contributed by atoms with Crippen LogP contribution < -0.4 is 5.32 Å². The molecule has 0 aromatic carbocycles. The third-order valence-corrected chi connectivity index (χ3v) is 3.81. The molecule has 0 fully saturated rings. The Balaban J connectivity index is 3.53. The maximum atomic E-state index is 11.1. The van der Waals surface area contributed by atoms with Crippen molar-refractivity contribution in [1.29, 1.82) is 0 Å². The molecule has 1 N–H and O–H groups in total. The Morgan fingerprint density at radius 3 is 2.40 bits per heavy atom. The zero-order valence-corrected chi connectivity index (χ0v) is 10.4. The van der Waals surface area contributed by atoms with E-state index in [4.69, 9.17) is 0 Å².